The van der Waals surface area contributed by atoms with Crippen molar-refractivity contribution in [2.75, 3.05) is 0 Å². The summed E-state index contributed by atoms with van der Waals surface area (Å²) in [5.41, 5.74) is 6.45. The monoisotopic (exact) mass is 303 g/mol. The predicted octanol–water partition coefficient (Wildman–Crippen LogP) is 4.50. The van der Waals surface area contributed by atoms with Gasteiger partial charge in [-0.05, 0) is 30.5 Å². The third-order valence-electron chi connectivity index (χ3n) is 3.53. The summed E-state index contributed by atoms with van der Waals surface area (Å²) >= 11 is 3.34. The first kappa shape index (κ1) is 13.0. The van der Waals surface area contributed by atoms with E-state index in [-0.39, 0.29) is 5.56 Å². The van der Waals surface area contributed by atoms with Crippen LogP contribution in [-0.4, -0.2) is 0 Å². The van der Waals surface area contributed by atoms with E-state index >= 15 is 0 Å². The number of halogens is 3. The topological polar surface area (TPSA) is 26.0 Å². The number of nitrogens with two attached hydrogens (primary N) is 1. The fourth-order valence-corrected chi connectivity index (χ4v) is 2.96. The molecule has 0 saturated heterocycles. The van der Waals surface area contributed by atoms with Gasteiger partial charge in [-0.1, -0.05) is 41.3 Å². The van der Waals surface area contributed by atoms with Crippen molar-refractivity contribution in [3.63, 3.8) is 0 Å². The Morgan fingerprint density at radius 1 is 1.18 bits per heavy atom. The Hall–Kier alpha value is -0.480. The Morgan fingerprint density at radius 2 is 1.82 bits per heavy atom. The molecule has 1 saturated carbocycles. The zero-order valence-electron chi connectivity index (χ0n) is 9.56. The third-order valence-corrected chi connectivity index (χ3v) is 4.03. The maximum Gasteiger partial charge on any atom is 0.264 e. The fourth-order valence-electron chi connectivity index (χ4n) is 2.60. The van der Waals surface area contributed by atoms with E-state index in [0.717, 1.165) is 36.6 Å². The first-order chi connectivity index (χ1) is 8.03. The lowest BCUT2D eigenvalue weighted by Crippen LogP contribution is -2.39. The molecule has 0 spiro atoms. The van der Waals surface area contributed by atoms with Crippen LogP contribution in [-0.2, 0) is 5.54 Å². The van der Waals surface area contributed by atoms with Crippen molar-refractivity contribution < 1.29 is 8.78 Å². The second-order valence-corrected chi connectivity index (χ2v) is 5.66. The van der Waals surface area contributed by atoms with Gasteiger partial charge in [-0.3, -0.25) is 0 Å². The first-order valence-corrected chi connectivity index (χ1v) is 6.69. The van der Waals surface area contributed by atoms with E-state index in [1.165, 1.54) is 6.07 Å². The van der Waals surface area contributed by atoms with Gasteiger partial charge in [0.1, 0.15) is 0 Å². The van der Waals surface area contributed by atoms with Gasteiger partial charge in [-0.15, -0.1) is 0 Å². The fraction of sp³-hybridized carbons (Fsp3) is 0.538. The van der Waals surface area contributed by atoms with Crippen LogP contribution in [0, 0.1) is 0 Å². The second kappa shape index (κ2) is 5.02. The Kier molecular flexibility index (Phi) is 3.83. The summed E-state index contributed by atoms with van der Waals surface area (Å²) in [5, 5.41) is 0. The van der Waals surface area contributed by atoms with Crippen molar-refractivity contribution >= 4 is 15.9 Å². The highest BCUT2D eigenvalue weighted by atomic mass is 79.9. The predicted molar refractivity (Wildman–Crippen MR) is 68.0 cm³/mol. The molecule has 1 aliphatic rings. The lowest BCUT2D eigenvalue weighted by molar-refractivity contribution is 0.146. The molecule has 0 unspecified atom stereocenters. The maximum absolute atomic E-state index is 13.0. The highest BCUT2D eigenvalue weighted by Crippen LogP contribution is 2.40. The molecule has 2 rings (SSSR count). The number of alkyl halides is 2. The smallest absolute Gasteiger partial charge is 0.264 e. The molecule has 0 heterocycles. The SMILES string of the molecule is NC1(c2cc(Br)ccc2C(F)F)CCCCC1. The molecule has 17 heavy (non-hydrogen) atoms. The van der Waals surface area contributed by atoms with Crippen LogP contribution in [0.4, 0.5) is 8.78 Å². The van der Waals surface area contributed by atoms with Gasteiger partial charge in [-0.25, -0.2) is 8.78 Å². The van der Waals surface area contributed by atoms with Crippen molar-refractivity contribution in [2.45, 2.75) is 44.1 Å². The van der Waals surface area contributed by atoms with Gasteiger partial charge >= 0.3 is 0 Å². The molecule has 1 aromatic carbocycles. The maximum atomic E-state index is 13.0. The van der Waals surface area contributed by atoms with Gasteiger partial charge in [0.2, 0.25) is 0 Å². The highest BCUT2D eigenvalue weighted by Gasteiger charge is 2.33. The van der Waals surface area contributed by atoms with Crippen LogP contribution in [0.3, 0.4) is 0 Å². The quantitative estimate of drug-likeness (QED) is 0.855. The van der Waals surface area contributed by atoms with Crippen molar-refractivity contribution in [3.05, 3.63) is 33.8 Å². The summed E-state index contributed by atoms with van der Waals surface area (Å²) in [6.07, 6.45) is 2.32. The average Bonchev–Trinajstić information content (AvgIpc) is 2.29. The largest absolute Gasteiger partial charge is 0.321 e. The summed E-state index contributed by atoms with van der Waals surface area (Å²) in [7, 11) is 0. The van der Waals surface area contributed by atoms with Gasteiger partial charge in [0.05, 0.1) is 0 Å². The lowest BCUT2D eigenvalue weighted by Gasteiger charge is -2.35. The Bertz CT molecular complexity index is 400. The second-order valence-electron chi connectivity index (χ2n) is 4.75. The van der Waals surface area contributed by atoms with Gasteiger partial charge in [0.25, 0.3) is 6.43 Å². The molecule has 2 N–H and O–H groups in total. The minimum absolute atomic E-state index is 0.0811. The van der Waals surface area contributed by atoms with Crippen LogP contribution in [0.25, 0.3) is 0 Å². The van der Waals surface area contributed by atoms with Gasteiger partial charge < -0.3 is 5.73 Å². The first-order valence-electron chi connectivity index (χ1n) is 5.90. The molecule has 0 radical (unpaired) electrons. The molecule has 1 aromatic rings. The minimum Gasteiger partial charge on any atom is -0.321 e. The molecule has 0 aromatic heterocycles. The Labute approximate surface area is 109 Å². The van der Waals surface area contributed by atoms with Crippen molar-refractivity contribution in [3.8, 4) is 0 Å². The van der Waals surface area contributed by atoms with Crippen LogP contribution in [0.1, 0.15) is 49.7 Å². The summed E-state index contributed by atoms with van der Waals surface area (Å²) in [6.45, 7) is 0. The van der Waals surface area contributed by atoms with Crippen LogP contribution in [0.2, 0.25) is 0 Å². The molecule has 0 atom stereocenters. The molecule has 1 nitrogen and oxygen atoms in total. The lowest BCUT2D eigenvalue weighted by atomic mass is 9.76. The number of hydrogen-bond donors (Lipinski definition) is 1. The Balaban J connectivity index is 2.44. The zero-order chi connectivity index (χ0) is 12.5. The number of benzene rings is 1. The van der Waals surface area contributed by atoms with E-state index in [0.29, 0.717) is 5.56 Å². The number of rotatable bonds is 2. The molecular weight excluding hydrogens is 288 g/mol. The number of hydrogen-bond acceptors (Lipinski definition) is 1. The van der Waals surface area contributed by atoms with Crippen molar-refractivity contribution in [2.24, 2.45) is 5.73 Å². The van der Waals surface area contributed by atoms with E-state index in [1.807, 2.05) is 0 Å². The van der Waals surface area contributed by atoms with Crippen LogP contribution < -0.4 is 5.73 Å². The van der Waals surface area contributed by atoms with Crippen molar-refractivity contribution in [1.82, 2.24) is 0 Å². The summed E-state index contributed by atoms with van der Waals surface area (Å²) in [5.74, 6) is 0. The standard InChI is InChI=1S/C13H16BrF2N/c14-9-4-5-10(12(15)16)11(8-9)13(17)6-2-1-3-7-13/h4-5,8,12H,1-3,6-7,17H2. The molecule has 4 heteroatoms. The van der Waals surface area contributed by atoms with Gasteiger partial charge in [0.15, 0.2) is 0 Å². The van der Waals surface area contributed by atoms with E-state index in [4.69, 9.17) is 5.73 Å². The summed E-state index contributed by atoms with van der Waals surface area (Å²) in [4.78, 5) is 0. The van der Waals surface area contributed by atoms with Crippen LogP contribution >= 0.6 is 15.9 Å². The molecule has 1 fully saturated rings. The Morgan fingerprint density at radius 3 is 2.41 bits per heavy atom. The average molecular weight is 304 g/mol. The van der Waals surface area contributed by atoms with E-state index < -0.39 is 12.0 Å². The highest BCUT2D eigenvalue weighted by molar-refractivity contribution is 9.10. The van der Waals surface area contributed by atoms with Crippen molar-refractivity contribution in [1.29, 1.82) is 0 Å². The molecule has 0 aliphatic heterocycles. The molecule has 0 bridgehead atoms. The van der Waals surface area contributed by atoms with Gasteiger partial charge in [0, 0.05) is 15.6 Å². The normalized spacial score (nSPS) is 19.6. The van der Waals surface area contributed by atoms with Crippen LogP contribution in [0.5, 0.6) is 0 Å². The minimum atomic E-state index is -2.46. The molecular formula is C13H16BrF2N. The summed E-state index contributed by atoms with van der Waals surface area (Å²) in [6, 6.07) is 4.89. The zero-order valence-corrected chi connectivity index (χ0v) is 11.1. The van der Waals surface area contributed by atoms with Gasteiger partial charge in [-0.2, -0.15) is 0 Å². The van der Waals surface area contributed by atoms with E-state index in [1.54, 1.807) is 12.1 Å². The van der Waals surface area contributed by atoms with E-state index in [9.17, 15) is 8.78 Å². The third kappa shape index (κ3) is 2.68. The molecule has 94 valence electrons. The summed E-state index contributed by atoms with van der Waals surface area (Å²) < 4.78 is 26.8. The molecule has 0 amide bonds. The van der Waals surface area contributed by atoms with Crippen LogP contribution in [0.15, 0.2) is 22.7 Å². The molecule has 1 aliphatic carbocycles. The van der Waals surface area contributed by atoms with E-state index in [2.05, 4.69) is 15.9 Å².